The van der Waals surface area contributed by atoms with Crippen LogP contribution in [0.1, 0.15) is 68.0 Å². The first-order valence-electron chi connectivity index (χ1n) is 13.2. The van der Waals surface area contributed by atoms with Gasteiger partial charge in [-0.1, -0.05) is 63.2 Å². The van der Waals surface area contributed by atoms with Crippen LogP contribution in [0.4, 0.5) is 0 Å². The lowest BCUT2D eigenvalue weighted by Gasteiger charge is -2.56. The summed E-state index contributed by atoms with van der Waals surface area (Å²) in [5.74, 6) is 0.428. The Hall–Kier alpha value is -3.06. The first-order valence-corrected chi connectivity index (χ1v) is 13.2. The molecule has 5 rings (SSSR count). The molecule has 2 atom stereocenters. The van der Waals surface area contributed by atoms with Crippen LogP contribution in [0.25, 0.3) is 10.9 Å². The number of para-hydroxylation sites is 1. The second kappa shape index (κ2) is 9.35. The molecule has 0 saturated carbocycles. The fourth-order valence-corrected chi connectivity index (χ4v) is 6.05. The number of nitrogens with zero attached hydrogens (tertiary/aromatic N) is 3. The molecule has 194 valence electrons. The van der Waals surface area contributed by atoms with E-state index in [-0.39, 0.29) is 5.41 Å². The third-order valence-corrected chi connectivity index (χ3v) is 8.22. The van der Waals surface area contributed by atoms with Crippen molar-refractivity contribution in [2.75, 3.05) is 20.1 Å². The molecular formula is C31H38N4O2. The van der Waals surface area contributed by atoms with Gasteiger partial charge in [0, 0.05) is 41.8 Å². The maximum atomic E-state index is 12.5. The maximum absolute atomic E-state index is 12.5. The van der Waals surface area contributed by atoms with E-state index >= 15 is 0 Å². The third kappa shape index (κ3) is 4.48. The number of likely N-dealkylation sites (tertiary alicyclic amines) is 1. The van der Waals surface area contributed by atoms with Crippen LogP contribution in [-0.2, 0) is 17.6 Å². The predicted octanol–water partition coefficient (Wildman–Crippen LogP) is 5.11. The highest BCUT2D eigenvalue weighted by Gasteiger charge is 2.55. The van der Waals surface area contributed by atoms with Crippen molar-refractivity contribution in [1.29, 1.82) is 0 Å². The van der Waals surface area contributed by atoms with Crippen molar-refractivity contribution in [2.24, 2.45) is 5.41 Å². The molecule has 2 aromatic carbocycles. The summed E-state index contributed by atoms with van der Waals surface area (Å²) < 4.78 is 0. The van der Waals surface area contributed by atoms with Crippen LogP contribution in [0.15, 0.2) is 67.0 Å². The van der Waals surface area contributed by atoms with Gasteiger partial charge < -0.3 is 15.1 Å². The van der Waals surface area contributed by atoms with Gasteiger partial charge in [0.15, 0.2) is 0 Å². The largest absolute Gasteiger partial charge is 0.384 e. The minimum Gasteiger partial charge on any atom is -0.384 e. The number of H-pyrrole nitrogens is 1. The lowest BCUT2D eigenvalue weighted by atomic mass is 9.62. The summed E-state index contributed by atoms with van der Waals surface area (Å²) in [5, 5.41) is 32.2. The molecule has 2 unspecified atom stereocenters. The molecule has 1 fully saturated rings. The molecule has 1 aliphatic rings. The molecule has 1 saturated heterocycles. The summed E-state index contributed by atoms with van der Waals surface area (Å²) in [4.78, 5) is 6.78. The Labute approximate surface area is 219 Å². The predicted molar refractivity (Wildman–Crippen MR) is 147 cm³/mol. The van der Waals surface area contributed by atoms with Crippen LogP contribution in [0.5, 0.6) is 0 Å². The van der Waals surface area contributed by atoms with Crippen molar-refractivity contribution in [2.45, 2.75) is 57.7 Å². The quantitative estimate of drug-likeness (QED) is 0.314. The van der Waals surface area contributed by atoms with Gasteiger partial charge in [0.25, 0.3) is 0 Å². The lowest BCUT2D eigenvalue weighted by molar-refractivity contribution is -0.127. The average molecular weight is 499 g/mol. The number of fused-ring (bicyclic) bond motifs is 1. The molecule has 0 radical (unpaired) electrons. The summed E-state index contributed by atoms with van der Waals surface area (Å²) >= 11 is 0. The van der Waals surface area contributed by atoms with E-state index in [0.717, 1.165) is 46.4 Å². The number of rotatable bonds is 8. The number of benzene rings is 2. The number of aromatic nitrogens is 3. The van der Waals surface area contributed by atoms with E-state index in [9.17, 15) is 10.2 Å². The molecular weight excluding hydrogens is 460 g/mol. The van der Waals surface area contributed by atoms with Crippen LogP contribution < -0.4 is 0 Å². The number of pyridine rings is 1. The topological polar surface area (TPSA) is 85.3 Å². The number of aryl methyl sites for hydroxylation is 1. The first-order chi connectivity index (χ1) is 17.5. The fraction of sp³-hybridized carbons (Fsp3) is 0.419. The summed E-state index contributed by atoms with van der Waals surface area (Å²) in [7, 11) is 2.08. The van der Waals surface area contributed by atoms with Crippen molar-refractivity contribution in [3.05, 3.63) is 94.9 Å². The third-order valence-electron chi connectivity index (χ3n) is 8.22. The van der Waals surface area contributed by atoms with Crippen LogP contribution in [0.3, 0.4) is 0 Å². The number of hydrogen-bond acceptors (Lipinski definition) is 5. The minimum atomic E-state index is -1.18. The normalized spacial score (nSPS) is 18.9. The molecule has 0 spiro atoms. The number of nitrogens with one attached hydrogen (secondary N) is 1. The minimum absolute atomic E-state index is 0.346. The van der Waals surface area contributed by atoms with Crippen molar-refractivity contribution < 1.29 is 10.2 Å². The molecule has 3 N–H and O–H groups in total. The van der Waals surface area contributed by atoms with E-state index in [4.69, 9.17) is 0 Å². The Morgan fingerprint density at radius 3 is 2.41 bits per heavy atom. The summed E-state index contributed by atoms with van der Waals surface area (Å²) in [6, 6.07) is 18.3. The summed E-state index contributed by atoms with van der Waals surface area (Å²) in [6.07, 6.45) is 4.73. The van der Waals surface area contributed by atoms with Gasteiger partial charge in [-0.15, -0.1) is 0 Å². The van der Waals surface area contributed by atoms with Gasteiger partial charge in [0.1, 0.15) is 11.2 Å². The smallest absolute Gasteiger partial charge is 0.124 e. The Kier molecular flexibility index (Phi) is 6.47. The summed E-state index contributed by atoms with van der Waals surface area (Å²) in [5.41, 5.74) is 2.87. The van der Waals surface area contributed by atoms with Gasteiger partial charge in [-0.2, -0.15) is 5.10 Å². The van der Waals surface area contributed by atoms with Crippen LogP contribution in [0.2, 0.25) is 0 Å². The highest BCUT2D eigenvalue weighted by Crippen LogP contribution is 2.50. The van der Waals surface area contributed by atoms with Crippen LogP contribution in [-0.4, -0.2) is 50.4 Å². The van der Waals surface area contributed by atoms with Crippen LogP contribution in [0, 0.1) is 5.41 Å². The zero-order valence-electron chi connectivity index (χ0n) is 22.5. The molecule has 0 bridgehead atoms. The standard InChI is InChI=1S/C31H38N4O2/c1-21(2)23-10-12-24(13-11-23)31(37,29(3)19-35(5)20-29)25-16-22(17-32-18-25)14-15-30(4,36)28-26-8-6-7-9-27(26)33-34-28/h6-13,16-18,21,36-37H,14-15,19-20H2,1-5H3,(H,33,34). The zero-order chi connectivity index (χ0) is 26.4. The molecule has 4 aromatic rings. The molecule has 3 heterocycles. The van der Waals surface area contributed by atoms with Crippen molar-refractivity contribution in [3.8, 4) is 0 Å². The van der Waals surface area contributed by atoms with Gasteiger partial charge >= 0.3 is 0 Å². The highest BCUT2D eigenvalue weighted by molar-refractivity contribution is 5.81. The SMILES string of the molecule is CC(C)c1ccc(C(O)(c2cncc(CCC(C)(O)c3[nH]nc4ccccc34)c2)C2(C)CN(C)C2)cc1. The van der Waals surface area contributed by atoms with E-state index in [1.54, 1.807) is 6.20 Å². The van der Waals surface area contributed by atoms with E-state index in [1.807, 2.05) is 37.4 Å². The number of aromatic amines is 1. The van der Waals surface area contributed by atoms with E-state index in [1.165, 1.54) is 5.56 Å². The molecule has 6 heteroatoms. The molecule has 0 amide bonds. The molecule has 2 aromatic heterocycles. The van der Waals surface area contributed by atoms with Gasteiger partial charge in [-0.25, -0.2) is 0 Å². The molecule has 0 aliphatic carbocycles. The van der Waals surface area contributed by atoms with E-state index in [2.05, 4.69) is 78.2 Å². The number of hydrogen-bond donors (Lipinski definition) is 3. The van der Waals surface area contributed by atoms with Gasteiger partial charge in [0.05, 0.1) is 11.2 Å². The molecule has 1 aliphatic heterocycles. The van der Waals surface area contributed by atoms with Gasteiger partial charge in [-0.3, -0.25) is 10.1 Å². The monoisotopic (exact) mass is 498 g/mol. The Bertz CT molecular complexity index is 1390. The fourth-order valence-electron chi connectivity index (χ4n) is 6.05. The Morgan fingerprint density at radius 2 is 1.73 bits per heavy atom. The van der Waals surface area contributed by atoms with Crippen LogP contribution >= 0.6 is 0 Å². The highest BCUT2D eigenvalue weighted by atomic mass is 16.3. The van der Waals surface area contributed by atoms with Crippen molar-refractivity contribution in [1.82, 2.24) is 20.1 Å². The molecule has 37 heavy (non-hydrogen) atoms. The maximum Gasteiger partial charge on any atom is 0.124 e. The first kappa shape index (κ1) is 25.6. The van der Waals surface area contributed by atoms with E-state index < -0.39 is 11.2 Å². The summed E-state index contributed by atoms with van der Waals surface area (Å²) in [6.45, 7) is 9.92. The average Bonchev–Trinajstić information content (AvgIpc) is 3.32. The Balaban J connectivity index is 1.45. The number of aliphatic hydroxyl groups is 2. The zero-order valence-corrected chi connectivity index (χ0v) is 22.5. The van der Waals surface area contributed by atoms with Gasteiger partial charge in [0.2, 0.25) is 0 Å². The van der Waals surface area contributed by atoms with Crippen molar-refractivity contribution in [3.63, 3.8) is 0 Å². The second-order valence-electron chi connectivity index (χ2n) is 11.7. The molecule has 6 nitrogen and oxygen atoms in total. The Morgan fingerprint density at radius 1 is 1.03 bits per heavy atom. The van der Waals surface area contributed by atoms with Crippen molar-refractivity contribution >= 4 is 10.9 Å². The van der Waals surface area contributed by atoms with Gasteiger partial charge in [-0.05, 0) is 61.6 Å². The lowest BCUT2D eigenvalue weighted by Crippen LogP contribution is -2.63. The van der Waals surface area contributed by atoms with E-state index in [0.29, 0.717) is 18.8 Å². The second-order valence-corrected chi connectivity index (χ2v) is 11.7.